The maximum atomic E-state index is 12.0. The monoisotopic (exact) mass is 258 g/mol. The number of hydrogen-bond donors (Lipinski definition) is 1. The van der Waals surface area contributed by atoms with E-state index >= 15 is 0 Å². The molecule has 0 bridgehead atoms. The quantitative estimate of drug-likeness (QED) is 0.670. The number of nitrogens with one attached hydrogen (secondary N) is 1. The van der Waals surface area contributed by atoms with Gasteiger partial charge in [-0.15, -0.1) is 0 Å². The van der Waals surface area contributed by atoms with Crippen molar-refractivity contribution in [2.24, 2.45) is 0 Å². The van der Waals surface area contributed by atoms with E-state index in [4.69, 9.17) is 0 Å². The van der Waals surface area contributed by atoms with Crippen LogP contribution in [0.15, 0.2) is 36.9 Å². The molecule has 1 aromatic carbocycles. The molecular weight excluding hydrogens is 248 g/mol. The van der Waals surface area contributed by atoms with Crippen molar-refractivity contribution in [2.45, 2.75) is 6.92 Å². The van der Waals surface area contributed by atoms with Gasteiger partial charge in [0.25, 0.3) is 11.6 Å². The van der Waals surface area contributed by atoms with Gasteiger partial charge >= 0.3 is 0 Å². The van der Waals surface area contributed by atoms with E-state index in [2.05, 4.69) is 15.3 Å². The number of aromatic nitrogens is 2. The molecule has 96 valence electrons. The van der Waals surface area contributed by atoms with Crippen molar-refractivity contribution in [1.29, 1.82) is 0 Å². The fourth-order valence-corrected chi connectivity index (χ4v) is 1.53. The summed E-state index contributed by atoms with van der Waals surface area (Å²) >= 11 is 0. The van der Waals surface area contributed by atoms with E-state index in [0.717, 1.165) is 0 Å². The van der Waals surface area contributed by atoms with Gasteiger partial charge in [0.2, 0.25) is 0 Å². The summed E-state index contributed by atoms with van der Waals surface area (Å²) in [6.07, 6.45) is 4.23. The average Bonchev–Trinajstić information content (AvgIpc) is 2.40. The molecule has 0 unspecified atom stereocenters. The van der Waals surface area contributed by atoms with Crippen LogP contribution in [0.25, 0.3) is 0 Å². The number of rotatable bonds is 3. The predicted molar refractivity (Wildman–Crippen MR) is 67.8 cm³/mol. The van der Waals surface area contributed by atoms with Gasteiger partial charge in [-0.05, 0) is 12.5 Å². The Hall–Kier alpha value is -2.83. The normalized spacial score (nSPS) is 9.95. The van der Waals surface area contributed by atoms with E-state index in [-0.39, 0.29) is 11.3 Å². The van der Waals surface area contributed by atoms with Crippen molar-refractivity contribution in [3.8, 4) is 0 Å². The number of nitrogens with zero attached hydrogens (tertiary/aromatic N) is 3. The zero-order valence-electron chi connectivity index (χ0n) is 10.0. The van der Waals surface area contributed by atoms with Crippen LogP contribution in [0, 0.1) is 17.0 Å². The van der Waals surface area contributed by atoms with Gasteiger partial charge in [-0.3, -0.25) is 14.9 Å². The predicted octanol–water partition coefficient (Wildman–Crippen LogP) is 1.95. The van der Waals surface area contributed by atoms with Gasteiger partial charge in [0.05, 0.1) is 23.0 Å². The molecule has 0 aliphatic rings. The SMILES string of the molecule is Cc1ccc([N+](=O)[O-])cc1C(=O)Nc1cncnc1. The highest BCUT2D eigenvalue weighted by Gasteiger charge is 2.14. The summed E-state index contributed by atoms with van der Waals surface area (Å²) in [5.74, 6) is -0.434. The lowest BCUT2D eigenvalue weighted by molar-refractivity contribution is -0.384. The summed E-state index contributed by atoms with van der Waals surface area (Å²) in [7, 11) is 0. The highest BCUT2D eigenvalue weighted by Crippen LogP contribution is 2.18. The number of carbonyl (C=O) groups is 1. The van der Waals surface area contributed by atoms with Gasteiger partial charge < -0.3 is 5.32 Å². The van der Waals surface area contributed by atoms with Crippen molar-refractivity contribution in [3.63, 3.8) is 0 Å². The average molecular weight is 258 g/mol. The number of non-ortho nitro benzene ring substituents is 1. The molecule has 7 heteroatoms. The molecule has 0 fully saturated rings. The number of aryl methyl sites for hydroxylation is 1. The van der Waals surface area contributed by atoms with E-state index < -0.39 is 10.8 Å². The summed E-state index contributed by atoms with van der Waals surface area (Å²) in [6, 6.07) is 4.14. The Morgan fingerprint density at radius 1 is 1.32 bits per heavy atom. The Morgan fingerprint density at radius 3 is 2.63 bits per heavy atom. The van der Waals surface area contributed by atoms with E-state index in [0.29, 0.717) is 11.3 Å². The maximum absolute atomic E-state index is 12.0. The third kappa shape index (κ3) is 2.89. The molecule has 1 aromatic heterocycles. The molecule has 19 heavy (non-hydrogen) atoms. The van der Waals surface area contributed by atoms with Crippen LogP contribution in [0.5, 0.6) is 0 Å². The Balaban J connectivity index is 2.28. The first-order chi connectivity index (χ1) is 9.08. The van der Waals surface area contributed by atoms with E-state index in [1.165, 1.54) is 36.9 Å². The Labute approximate surface area is 108 Å². The van der Waals surface area contributed by atoms with Crippen LogP contribution in [0.3, 0.4) is 0 Å². The fraction of sp³-hybridized carbons (Fsp3) is 0.0833. The molecule has 0 aliphatic heterocycles. The Bertz CT molecular complexity index is 628. The van der Waals surface area contributed by atoms with E-state index in [1.54, 1.807) is 6.92 Å². The molecule has 0 spiro atoms. The number of nitro benzene ring substituents is 1. The second-order valence-corrected chi connectivity index (χ2v) is 3.84. The number of nitro groups is 1. The van der Waals surface area contributed by atoms with Crippen LogP contribution >= 0.6 is 0 Å². The molecule has 7 nitrogen and oxygen atoms in total. The lowest BCUT2D eigenvalue weighted by Gasteiger charge is -2.06. The largest absolute Gasteiger partial charge is 0.319 e. The number of benzene rings is 1. The molecule has 1 heterocycles. The second-order valence-electron chi connectivity index (χ2n) is 3.84. The molecule has 1 amide bonds. The first-order valence-electron chi connectivity index (χ1n) is 5.39. The van der Waals surface area contributed by atoms with E-state index in [1.807, 2.05) is 0 Å². The van der Waals surface area contributed by atoms with Crippen LogP contribution in [0.4, 0.5) is 11.4 Å². The van der Waals surface area contributed by atoms with Crippen molar-refractivity contribution < 1.29 is 9.72 Å². The van der Waals surface area contributed by atoms with Crippen molar-refractivity contribution in [2.75, 3.05) is 5.32 Å². The third-order valence-corrected chi connectivity index (χ3v) is 2.50. The Morgan fingerprint density at radius 2 is 2.00 bits per heavy atom. The molecule has 0 saturated heterocycles. The van der Waals surface area contributed by atoms with Gasteiger partial charge in [-0.2, -0.15) is 0 Å². The van der Waals surface area contributed by atoms with Gasteiger partial charge in [0.1, 0.15) is 6.33 Å². The lowest BCUT2D eigenvalue weighted by atomic mass is 10.1. The molecule has 1 N–H and O–H groups in total. The molecule has 0 atom stereocenters. The molecular formula is C12H10N4O3. The minimum Gasteiger partial charge on any atom is -0.319 e. The van der Waals surface area contributed by atoms with Gasteiger partial charge in [0, 0.05) is 17.7 Å². The molecule has 0 saturated carbocycles. The van der Waals surface area contributed by atoms with Crippen molar-refractivity contribution in [1.82, 2.24) is 9.97 Å². The van der Waals surface area contributed by atoms with Gasteiger partial charge in [-0.1, -0.05) is 6.07 Å². The topological polar surface area (TPSA) is 98.0 Å². The maximum Gasteiger partial charge on any atom is 0.270 e. The number of anilines is 1. The lowest BCUT2D eigenvalue weighted by Crippen LogP contribution is -2.14. The van der Waals surface area contributed by atoms with Crippen molar-refractivity contribution in [3.05, 3.63) is 58.2 Å². The molecule has 0 aliphatic carbocycles. The van der Waals surface area contributed by atoms with Gasteiger partial charge in [-0.25, -0.2) is 9.97 Å². The van der Waals surface area contributed by atoms with E-state index in [9.17, 15) is 14.9 Å². The summed E-state index contributed by atoms with van der Waals surface area (Å²) in [5, 5.41) is 13.3. The minimum atomic E-state index is -0.540. The summed E-state index contributed by atoms with van der Waals surface area (Å²) < 4.78 is 0. The first-order valence-corrected chi connectivity index (χ1v) is 5.39. The number of hydrogen-bond acceptors (Lipinski definition) is 5. The molecule has 0 radical (unpaired) electrons. The Kier molecular flexibility index (Phi) is 3.46. The standard InChI is InChI=1S/C12H10N4O3/c1-8-2-3-10(16(18)19)4-11(8)12(17)15-9-5-13-7-14-6-9/h2-7H,1H3,(H,15,17). The molecule has 2 aromatic rings. The number of carbonyl (C=O) groups excluding carboxylic acids is 1. The van der Waals surface area contributed by atoms with Crippen molar-refractivity contribution >= 4 is 17.3 Å². The van der Waals surface area contributed by atoms with Crippen LogP contribution in [-0.2, 0) is 0 Å². The third-order valence-electron chi connectivity index (χ3n) is 2.50. The van der Waals surface area contributed by atoms with Crippen LogP contribution in [0.2, 0.25) is 0 Å². The minimum absolute atomic E-state index is 0.125. The van der Waals surface area contributed by atoms with Gasteiger partial charge in [0.15, 0.2) is 0 Å². The molecule has 2 rings (SSSR count). The van der Waals surface area contributed by atoms with Crippen LogP contribution < -0.4 is 5.32 Å². The summed E-state index contributed by atoms with van der Waals surface area (Å²) in [6.45, 7) is 1.71. The zero-order chi connectivity index (χ0) is 13.8. The second kappa shape index (κ2) is 5.21. The van der Waals surface area contributed by atoms with Crippen LogP contribution in [0.1, 0.15) is 15.9 Å². The smallest absolute Gasteiger partial charge is 0.270 e. The van der Waals surface area contributed by atoms with Crippen LogP contribution in [-0.4, -0.2) is 20.8 Å². The highest BCUT2D eigenvalue weighted by atomic mass is 16.6. The number of amides is 1. The zero-order valence-corrected chi connectivity index (χ0v) is 10.0. The summed E-state index contributed by atoms with van der Waals surface area (Å²) in [5.41, 5.74) is 1.21. The summed E-state index contributed by atoms with van der Waals surface area (Å²) in [4.78, 5) is 29.7. The highest BCUT2D eigenvalue weighted by molar-refractivity contribution is 6.05. The fourth-order valence-electron chi connectivity index (χ4n) is 1.53. The first kappa shape index (κ1) is 12.6.